The fraction of sp³-hybridized carbons (Fsp3) is 0.600. The van der Waals surface area contributed by atoms with E-state index in [-0.39, 0.29) is 0 Å². The van der Waals surface area contributed by atoms with Crippen LogP contribution in [0.1, 0.15) is 17.7 Å². The fourth-order valence-electron chi connectivity index (χ4n) is 1.54. The van der Waals surface area contributed by atoms with Gasteiger partial charge in [0.1, 0.15) is 0 Å². The second-order valence-corrected chi connectivity index (χ2v) is 5.60. The highest BCUT2D eigenvalue weighted by Crippen LogP contribution is 2.35. The molecule has 0 saturated heterocycles. The molecule has 1 heterocycles. The lowest BCUT2D eigenvalue weighted by Gasteiger charge is -2.15. The Kier molecular flexibility index (Phi) is 3.12. The average Bonchev–Trinajstić information content (AvgIpc) is 2.91. The maximum Gasteiger partial charge on any atom is 0.0931 e. The van der Waals surface area contributed by atoms with E-state index in [0.29, 0.717) is 12.3 Å². The van der Waals surface area contributed by atoms with E-state index in [1.54, 1.807) is 0 Å². The Morgan fingerprint density at radius 2 is 2.14 bits per heavy atom. The largest absolute Gasteiger partial charge is 0.390 e. The molecule has 0 spiro atoms. The van der Waals surface area contributed by atoms with Crippen molar-refractivity contribution in [1.29, 1.82) is 0 Å². The van der Waals surface area contributed by atoms with E-state index in [2.05, 4.69) is 0 Å². The predicted octanol–water partition coefficient (Wildman–Crippen LogP) is 2.08. The highest BCUT2D eigenvalue weighted by atomic mass is 35.5. The molecular formula is C10H13ClO2S. The highest BCUT2D eigenvalue weighted by molar-refractivity contribution is 7.16. The minimum Gasteiger partial charge on any atom is -0.390 e. The molecule has 0 aromatic carbocycles. The quantitative estimate of drug-likeness (QED) is 0.835. The van der Waals surface area contributed by atoms with E-state index in [0.717, 1.165) is 22.1 Å². The molecule has 2 unspecified atom stereocenters. The molecule has 0 amide bonds. The molecule has 2 N–H and O–H groups in total. The van der Waals surface area contributed by atoms with Gasteiger partial charge in [-0.15, -0.1) is 11.3 Å². The van der Waals surface area contributed by atoms with Gasteiger partial charge in [0.2, 0.25) is 0 Å². The maximum atomic E-state index is 9.70. The smallest absolute Gasteiger partial charge is 0.0931 e. The number of thiophene rings is 1. The molecular weight excluding hydrogens is 220 g/mol. The zero-order valence-electron chi connectivity index (χ0n) is 7.69. The number of aliphatic hydroxyl groups is 2. The van der Waals surface area contributed by atoms with Crippen LogP contribution in [-0.4, -0.2) is 22.4 Å². The van der Waals surface area contributed by atoms with Crippen LogP contribution in [0.3, 0.4) is 0 Å². The van der Waals surface area contributed by atoms with Crippen LogP contribution in [-0.2, 0) is 6.42 Å². The summed E-state index contributed by atoms with van der Waals surface area (Å²) in [5.41, 5.74) is 0. The first-order valence-electron chi connectivity index (χ1n) is 4.77. The van der Waals surface area contributed by atoms with E-state index < -0.39 is 12.2 Å². The Balaban J connectivity index is 1.89. The third-order valence-corrected chi connectivity index (χ3v) is 3.79. The van der Waals surface area contributed by atoms with Gasteiger partial charge in [-0.25, -0.2) is 0 Å². The van der Waals surface area contributed by atoms with Crippen molar-refractivity contribution in [2.75, 3.05) is 0 Å². The first kappa shape index (κ1) is 10.4. The summed E-state index contributed by atoms with van der Waals surface area (Å²) >= 11 is 7.23. The Morgan fingerprint density at radius 1 is 1.43 bits per heavy atom. The van der Waals surface area contributed by atoms with Gasteiger partial charge in [0.25, 0.3) is 0 Å². The SMILES string of the molecule is OC(Cc1ccc(Cl)s1)C(O)C1CC1. The molecule has 0 radical (unpaired) electrons. The summed E-state index contributed by atoms with van der Waals surface area (Å²) in [6.07, 6.45) is 1.40. The second kappa shape index (κ2) is 4.19. The van der Waals surface area contributed by atoms with Gasteiger partial charge in [0.05, 0.1) is 16.5 Å². The van der Waals surface area contributed by atoms with Crippen LogP contribution in [0.15, 0.2) is 12.1 Å². The Labute approximate surface area is 92.1 Å². The third kappa shape index (κ3) is 2.48. The summed E-state index contributed by atoms with van der Waals surface area (Å²) in [5, 5.41) is 19.4. The topological polar surface area (TPSA) is 40.5 Å². The molecule has 4 heteroatoms. The lowest BCUT2D eigenvalue weighted by Crippen LogP contribution is -2.29. The predicted molar refractivity (Wildman–Crippen MR) is 57.8 cm³/mol. The van der Waals surface area contributed by atoms with Crippen molar-refractivity contribution >= 4 is 22.9 Å². The number of aliphatic hydroxyl groups excluding tert-OH is 2. The molecule has 2 rings (SSSR count). The van der Waals surface area contributed by atoms with Crippen LogP contribution in [0, 0.1) is 5.92 Å². The standard InChI is InChI=1S/C10H13ClO2S/c11-9-4-3-7(14-9)5-8(12)10(13)6-1-2-6/h3-4,6,8,10,12-13H,1-2,5H2. The summed E-state index contributed by atoms with van der Waals surface area (Å²) in [4.78, 5) is 1.03. The lowest BCUT2D eigenvalue weighted by atomic mass is 10.1. The van der Waals surface area contributed by atoms with Crippen LogP contribution in [0.25, 0.3) is 0 Å². The maximum absolute atomic E-state index is 9.70. The first-order chi connectivity index (χ1) is 6.66. The van der Waals surface area contributed by atoms with E-state index in [4.69, 9.17) is 11.6 Å². The molecule has 0 aliphatic heterocycles. The van der Waals surface area contributed by atoms with Gasteiger partial charge in [-0.1, -0.05) is 11.6 Å². The minimum absolute atomic E-state index is 0.320. The van der Waals surface area contributed by atoms with Crippen molar-refractivity contribution in [3.63, 3.8) is 0 Å². The molecule has 1 fully saturated rings. The van der Waals surface area contributed by atoms with E-state index in [1.807, 2.05) is 12.1 Å². The molecule has 78 valence electrons. The van der Waals surface area contributed by atoms with Gasteiger partial charge in [-0.3, -0.25) is 0 Å². The van der Waals surface area contributed by atoms with Gasteiger partial charge in [-0.2, -0.15) is 0 Å². The summed E-state index contributed by atoms with van der Waals surface area (Å²) in [6, 6.07) is 3.72. The van der Waals surface area contributed by atoms with Crippen LogP contribution in [0.5, 0.6) is 0 Å². The van der Waals surface area contributed by atoms with E-state index in [9.17, 15) is 10.2 Å². The second-order valence-electron chi connectivity index (χ2n) is 3.81. The zero-order valence-corrected chi connectivity index (χ0v) is 9.26. The normalized spacial score (nSPS) is 20.8. The fourth-order valence-corrected chi connectivity index (χ4v) is 2.68. The van der Waals surface area contributed by atoms with Crippen LogP contribution < -0.4 is 0 Å². The number of hydrogen-bond acceptors (Lipinski definition) is 3. The summed E-state index contributed by atoms with van der Waals surface area (Å²) in [7, 11) is 0. The van der Waals surface area contributed by atoms with Gasteiger partial charge < -0.3 is 10.2 Å². The van der Waals surface area contributed by atoms with Crippen LogP contribution in [0.4, 0.5) is 0 Å². The zero-order chi connectivity index (χ0) is 10.1. The molecule has 1 aliphatic rings. The third-order valence-electron chi connectivity index (χ3n) is 2.54. The summed E-state index contributed by atoms with van der Waals surface area (Å²) < 4.78 is 0.730. The molecule has 1 aromatic heterocycles. The average molecular weight is 233 g/mol. The van der Waals surface area contributed by atoms with Crippen molar-refractivity contribution in [2.24, 2.45) is 5.92 Å². The van der Waals surface area contributed by atoms with Crippen molar-refractivity contribution in [3.05, 3.63) is 21.3 Å². The molecule has 0 bridgehead atoms. The molecule has 1 saturated carbocycles. The molecule has 2 nitrogen and oxygen atoms in total. The van der Waals surface area contributed by atoms with Crippen molar-refractivity contribution < 1.29 is 10.2 Å². The van der Waals surface area contributed by atoms with Gasteiger partial charge in [0, 0.05) is 11.3 Å². The number of hydrogen-bond donors (Lipinski definition) is 2. The summed E-state index contributed by atoms with van der Waals surface area (Å²) in [5.74, 6) is 0.320. The van der Waals surface area contributed by atoms with Crippen molar-refractivity contribution in [3.8, 4) is 0 Å². The van der Waals surface area contributed by atoms with E-state index in [1.165, 1.54) is 11.3 Å². The lowest BCUT2D eigenvalue weighted by molar-refractivity contribution is 0.00716. The minimum atomic E-state index is -0.641. The van der Waals surface area contributed by atoms with Crippen LogP contribution >= 0.6 is 22.9 Å². The van der Waals surface area contributed by atoms with E-state index >= 15 is 0 Å². The van der Waals surface area contributed by atoms with Crippen molar-refractivity contribution in [2.45, 2.75) is 31.5 Å². The molecule has 2 atom stereocenters. The molecule has 1 aliphatic carbocycles. The Morgan fingerprint density at radius 3 is 2.64 bits per heavy atom. The monoisotopic (exact) mass is 232 g/mol. The Hall–Kier alpha value is -0.0900. The van der Waals surface area contributed by atoms with Gasteiger partial charge in [-0.05, 0) is 30.9 Å². The first-order valence-corrected chi connectivity index (χ1v) is 5.96. The number of rotatable bonds is 4. The summed E-state index contributed by atoms with van der Waals surface area (Å²) in [6.45, 7) is 0. The van der Waals surface area contributed by atoms with Gasteiger partial charge in [0.15, 0.2) is 0 Å². The van der Waals surface area contributed by atoms with Crippen molar-refractivity contribution in [1.82, 2.24) is 0 Å². The molecule has 1 aromatic rings. The molecule has 14 heavy (non-hydrogen) atoms. The number of halogens is 1. The van der Waals surface area contributed by atoms with Gasteiger partial charge >= 0.3 is 0 Å². The highest BCUT2D eigenvalue weighted by Gasteiger charge is 2.34. The van der Waals surface area contributed by atoms with Crippen LogP contribution in [0.2, 0.25) is 4.34 Å². The Bertz CT molecular complexity index is 309.